The van der Waals surface area contributed by atoms with Crippen LogP contribution in [-0.2, 0) is 57.4 Å². The second kappa shape index (κ2) is 29.8. The van der Waals surface area contributed by atoms with Crippen LogP contribution in [0.4, 0.5) is 17.1 Å². The number of hydrogen-bond acceptors (Lipinski definition) is 15. The van der Waals surface area contributed by atoms with Crippen LogP contribution in [0, 0.1) is 0 Å². The van der Waals surface area contributed by atoms with E-state index < -0.39 is 17.9 Å². The number of esters is 3. The minimum absolute atomic E-state index is 0. The van der Waals surface area contributed by atoms with Crippen LogP contribution in [0.2, 0.25) is 0 Å². The summed E-state index contributed by atoms with van der Waals surface area (Å²) >= 11 is 0. The molecular weight excluding hydrogens is 748 g/mol. The van der Waals surface area contributed by atoms with Crippen molar-refractivity contribution >= 4 is 90.7 Å². The van der Waals surface area contributed by atoms with Crippen molar-refractivity contribution in [2.24, 2.45) is 0 Å². The first-order chi connectivity index (χ1) is 24.9. The molecule has 284 valence electrons. The number of carbonyl (C=O) groups is 7. The Hall–Kier alpha value is -6.85. The highest BCUT2D eigenvalue weighted by atomic mass is 31.0. The number of imide groups is 2. The van der Waals surface area contributed by atoms with Gasteiger partial charge in [-0.1, -0.05) is 36.4 Å². The molecule has 4 amide bonds. The molecule has 3 aromatic rings. The Kier molecular flexibility index (Phi) is 28.5. The Morgan fingerprint density at radius 3 is 1.15 bits per heavy atom. The van der Waals surface area contributed by atoms with Crippen LogP contribution in [0.3, 0.4) is 0 Å². The van der Waals surface area contributed by atoms with Gasteiger partial charge in [-0.15, -0.1) is 0 Å². The molecular formula is C35H35N3O14P2. The lowest BCUT2D eigenvalue weighted by Crippen LogP contribution is -2.29. The van der Waals surface area contributed by atoms with Gasteiger partial charge in [-0.3, -0.25) is 19.2 Å². The van der Waals surface area contributed by atoms with Gasteiger partial charge in [-0.2, -0.15) is 39.0 Å². The number of nitrogen functional groups attached to an aromatic ring is 1. The molecule has 0 saturated carbocycles. The minimum atomic E-state index is -0.579. The maximum Gasteiger partial charge on any atom is 0.373 e. The predicted octanol–water partition coefficient (Wildman–Crippen LogP) is 1.47. The van der Waals surface area contributed by atoms with Gasteiger partial charge in [0.25, 0.3) is 23.6 Å². The molecule has 3 aliphatic rings. The Bertz CT molecular complexity index is 1790. The topological polar surface area (TPSA) is 259 Å². The first kappa shape index (κ1) is 51.5. The van der Waals surface area contributed by atoms with Crippen molar-refractivity contribution in [1.82, 2.24) is 0 Å². The summed E-state index contributed by atoms with van der Waals surface area (Å²) in [5.74, 6) is -2.96. The summed E-state index contributed by atoms with van der Waals surface area (Å²) in [6, 6.07) is 24.4. The highest BCUT2D eigenvalue weighted by molar-refractivity contribution is 6.92. The molecule has 54 heavy (non-hydrogen) atoms. The Balaban J connectivity index is -0.000000624. The number of nitrogens with zero attached hydrogens (tertiary/aromatic N) is 2. The summed E-state index contributed by atoms with van der Waals surface area (Å²) in [6.07, 6.45) is 7.63. The number of methoxy groups -OCH3 is 1. The van der Waals surface area contributed by atoms with Gasteiger partial charge in [0, 0.05) is 49.3 Å². The van der Waals surface area contributed by atoms with E-state index in [0.717, 1.165) is 34.7 Å². The third kappa shape index (κ3) is 18.9. The molecule has 0 aliphatic carbocycles. The third-order valence-corrected chi connectivity index (χ3v) is 5.54. The van der Waals surface area contributed by atoms with Crippen LogP contribution in [0.5, 0.6) is 0 Å². The van der Waals surface area contributed by atoms with Gasteiger partial charge in [0.1, 0.15) is 0 Å². The number of amides is 4. The number of ether oxygens (including phenoxy) is 2. The molecule has 17 nitrogen and oxygen atoms in total. The average Bonchev–Trinajstić information content (AvgIpc) is 3.82. The van der Waals surface area contributed by atoms with E-state index in [1.54, 1.807) is 24.3 Å². The standard InChI is InChI=1S/C12H9NO4.C10H7NO2.C6H7N.C4H2O3.2CO2.CH4O.2H3P/c1-17-12(16)8-2-4-9(5-3-8)13-10(14)6-7-11(13)15;12-9-6-7-10(13)11(9)8-4-2-1-3-5-8;7-6-4-2-1-3-5-6;5-3-1-2-4(6)7-3;2*2-1-3;1-2;;/h2-7H,1H3;1-7H;1-5H,7H2;1-2H;;;2H,1H3;2*1H3. The first-order valence-corrected chi connectivity index (χ1v) is 14.0. The maximum atomic E-state index is 11.4. The molecule has 0 bridgehead atoms. The molecule has 6 rings (SSSR count). The third-order valence-electron chi connectivity index (χ3n) is 5.54. The number of nitrogens with two attached hydrogens (primary N) is 1. The molecule has 2 unspecified atom stereocenters. The highest BCUT2D eigenvalue weighted by Crippen LogP contribution is 2.20. The number of benzene rings is 3. The normalized spacial score (nSPS) is 12.1. The Labute approximate surface area is 314 Å². The first-order valence-electron chi connectivity index (χ1n) is 14.0. The number of carbonyl (C=O) groups excluding carboxylic acids is 11. The number of aliphatic hydroxyl groups excluding tert-OH is 1. The zero-order chi connectivity index (χ0) is 39.5. The lowest BCUT2D eigenvalue weighted by atomic mass is 10.2. The largest absolute Gasteiger partial charge is 0.465 e. The predicted molar refractivity (Wildman–Crippen MR) is 199 cm³/mol. The van der Waals surface area contributed by atoms with Crippen LogP contribution in [0.1, 0.15) is 10.4 Å². The lowest BCUT2D eigenvalue weighted by molar-refractivity contribution is -0.193. The zero-order valence-electron chi connectivity index (χ0n) is 28.7. The second-order valence-electron chi connectivity index (χ2n) is 8.72. The number of rotatable bonds is 3. The van der Waals surface area contributed by atoms with Gasteiger partial charge < -0.3 is 20.3 Å². The maximum absolute atomic E-state index is 11.4. The van der Waals surface area contributed by atoms with E-state index in [-0.39, 0.29) is 55.7 Å². The van der Waals surface area contributed by atoms with Crippen LogP contribution in [0.25, 0.3) is 0 Å². The van der Waals surface area contributed by atoms with E-state index >= 15 is 0 Å². The molecule has 3 heterocycles. The molecule has 0 aromatic heterocycles. The summed E-state index contributed by atoms with van der Waals surface area (Å²) in [5, 5.41) is 7.00. The van der Waals surface area contributed by atoms with Crippen molar-refractivity contribution < 1.29 is 67.3 Å². The Morgan fingerprint density at radius 1 is 0.574 bits per heavy atom. The van der Waals surface area contributed by atoms with Crippen LogP contribution in [-0.4, -0.2) is 73.2 Å². The molecule has 0 spiro atoms. The van der Waals surface area contributed by atoms with Crippen LogP contribution >= 0.6 is 19.8 Å². The summed E-state index contributed by atoms with van der Waals surface area (Å²) in [6.45, 7) is 0. The molecule has 3 aliphatic heterocycles. The number of para-hydroxylation sites is 2. The van der Waals surface area contributed by atoms with Crippen molar-refractivity contribution in [1.29, 1.82) is 0 Å². The van der Waals surface area contributed by atoms with E-state index in [4.69, 9.17) is 30.0 Å². The quantitative estimate of drug-likeness (QED) is 0.125. The summed E-state index contributed by atoms with van der Waals surface area (Å²) in [7, 11) is 2.29. The van der Waals surface area contributed by atoms with Gasteiger partial charge in [0.2, 0.25) is 0 Å². The fourth-order valence-corrected chi connectivity index (χ4v) is 3.51. The van der Waals surface area contributed by atoms with E-state index in [9.17, 15) is 33.6 Å². The number of hydrogen-bond donors (Lipinski definition) is 2. The fourth-order valence-electron chi connectivity index (χ4n) is 3.51. The summed E-state index contributed by atoms with van der Waals surface area (Å²) in [5.41, 5.74) is 7.59. The van der Waals surface area contributed by atoms with Gasteiger partial charge in [-0.25, -0.2) is 24.2 Å². The fraction of sp³-hybridized carbons (Fsp3) is 0.0571. The molecule has 2 atom stereocenters. The average molecular weight is 784 g/mol. The van der Waals surface area contributed by atoms with Crippen LogP contribution in [0.15, 0.2) is 121 Å². The summed E-state index contributed by atoms with van der Waals surface area (Å²) < 4.78 is 8.52. The SMILES string of the molecule is CO.COC(=O)c1ccc(N2C(=O)C=CC2=O)cc1.Nc1ccccc1.O=C1C=CC(=O)N1c1ccccc1.O=C1C=CC(=O)O1.O=C=O.O=C=O.P.P. The van der Waals surface area contributed by atoms with Gasteiger partial charge >= 0.3 is 30.2 Å². The van der Waals surface area contributed by atoms with E-state index in [1.807, 2.05) is 36.4 Å². The van der Waals surface area contributed by atoms with E-state index in [2.05, 4.69) is 9.47 Å². The molecule has 3 N–H and O–H groups in total. The summed E-state index contributed by atoms with van der Waals surface area (Å²) in [4.78, 5) is 111. The zero-order valence-corrected chi connectivity index (χ0v) is 31.5. The van der Waals surface area contributed by atoms with Crippen molar-refractivity contribution in [3.8, 4) is 0 Å². The Morgan fingerprint density at radius 2 is 0.889 bits per heavy atom. The molecule has 0 saturated heterocycles. The molecule has 3 aromatic carbocycles. The molecule has 0 radical (unpaired) electrons. The van der Waals surface area contributed by atoms with Gasteiger partial charge in [0.05, 0.1) is 24.0 Å². The van der Waals surface area contributed by atoms with Crippen molar-refractivity contribution in [3.05, 3.63) is 127 Å². The molecule has 19 heteroatoms. The van der Waals surface area contributed by atoms with Crippen molar-refractivity contribution in [2.75, 3.05) is 29.8 Å². The lowest BCUT2D eigenvalue weighted by Gasteiger charge is -2.13. The van der Waals surface area contributed by atoms with Crippen molar-refractivity contribution in [3.63, 3.8) is 0 Å². The van der Waals surface area contributed by atoms with Crippen LogP contribution < -0.4 is 15.5 Å². The monoisotopic (exact) mass is 783 g/mol. The second-order valence-corrected chi connectivity index (χ2v) is 8.72. The number of cyclic esters (lactones) is 2. The smallest absolute Gasteiger partial charge is 0.373 e. The number of anilines is 3. The minimum Gasteiger partial charge on any atom is -0.465 e. The van der Waals surface area contributed by atoms with E-state index in [0.29, 0.717) is 16.9 Å². The molecule has 0 fully saturated rings. The number of aliphatic hydroxyl groups is 1. The van der Waals surface area contributed by atoms with Gasteiger partial charge in [0.15, 0.2) is 0 Å². The van der Waals surface area contributed by atoms with Gasteiger partial charge in [-0.05, 0) is 48.5 Å². The highest BCUT2D eigenvalue weighted by Gasteiger charge is 2.25. The van der Waals surface area contributed by atoms with E-state index in [1.165, 1.54) is 55.7 Å². The van der Waals surface area contributed by atoms with Crippen molar-refractivity contribution in [2.45, 2.75) is 0 Å².